The van der Waals surface area contributed by atoms with Crippen molar-refractivity contribution >= 4 is 11.9 Å². The fourth-order valence-electron chi connectivity index (χ4n) is 1.71. The maximum Gasteiger partial charge on any atom is 0.333 e. The van der Waals surface area contributed by atoms with Crippen LogP contribution in [0.2, 0.25) is 0 Å². The molecule has 2 heterocycles. The van der Waals surface area contributed by atoms with Crippen molar-refractivity contribution in [1.29, 1.82) is 0 Å². The Morgan fingerprint density at radius 3 is 2.42 bits per heavy atom. The van der Waals surface area contributed by atoms with Gasteiger partial charge in [0.1, 0.15) is 0 Å². The normalized spacial score (nSPS) is 19.4. The molecule has 0 aromatic carbocycles. The second-order valence-corrected chi connectivity index (χ2v) is 4.56. The summed E-state index contributed by atoms with van der Waals surface area (Å²) in [4.78, 5) is 23.3. The van der Waals surface area contributed by atoms with Crippen molar-refractivity contribution in [2.45, 2.75) is 32.6 Å². The number of halogens is 2. The van der Waals surface area contributed by atoms with Gasteiger partial charge in [0.25, 0.3) is 5.79 Å². The molecule has 0 spiro atoms. The molecule has 1 fully saturated rings. The second-order valence-electron chi connectivity index (χ2n) is 4.56. The zero-order chi connectivity index (χ0) is 14.2. The van der Waals surface area contributed by atoms with Crippen LogP contribution in [0.4, 0.5) is 8.78 Å². The third-order valence-electron chi connectivity index (χ3n) is 2.54. The molecule has 1 saturated heterocycles. The van der Waals surface area contributed by atoms with Crippen LogP contribution in [0.25, 0.3) is 0 Å². The molecular weight excluding hydrogens is 262 g/mol. The van der Waals surface area contributed by atoms with Gasteiger partial charge >= 0.3 is 18.5 Å². The number of carbonyl (C=O) groups excluding carboxylic acids is 2. The zero-order valence-corrected chi connectivity index (χ0v) is 10.3. The van der Waals surface area contributed by atoms with Crippen LogP contribution in [0.15, 0.2) is 12.3 Å². The average Bonchev–Trinajstić information content (AvgIpc) is 2.70. The van der Waals surface area contributed by atoms with Crippen LogP contribution in [0.1, 0.15) is 26.1 Å². The Bertz CT molecular complexity index is 493. The molecule has 6 nitrogen and oxygen atoms in total. The van der Waals surface area contributed by atoms with E-state index in [-0.39, 0.29) is 12.1 Å². The molecule has 0 atom stereocenters. The summed E-state index contributed by atoms with van der Waals surface area (Å²) >= 11 is 0. The molecule has 0 unspecified atom stereocenters. The van der Waals surface area contributed by atoms with Crippen molar-refractivity contribution in [2.24, 2.45) is 5.92 Å². The van der Waals surface area contributed by atoms with E-state index in [1.54, 1.807) is 0 Å². The first kappa shape index (κ1) is 13.4. The van der Waals surface area contributed by atoms with Gasteiger partial charge in [-0.15, -0.1) is 0 Å². The Morgan fingerprint density at radius 2 is 1.95 bits per heavy atom. The molecule has 2 rings (SSSR count). The summed E-state index contributed by atoms with van der Waals surface area (Å²) in [5, 5.41) is 3.56. The number of rotatable bonds is 3. The first-order chi connectivity index (χ1) is 8.78. The summed E-state index contributed by atoms with van der Waals surface area (Å²) in [6.45, 7) is 0.104. The van der Waals surface area contributed by atoms with Crippen LogP contribution in [-0.2, 0) is 25.5 Å². The van der Waals surface area contributed by atoms with Crippen LogP contribution in [0.3, 0.4) is 0 Å². The molecule has 1 aliphatic heterocycles. The summed E-state index contributed by atoms with van der Waals surface area (Å²) in [6.07, 6.45) is 0.941. The molecular formula is C11H12F2N2O4. The van der Waals surface area contributed by atoms with E-state index in [0.29, 0.717) is 4.68 Å². The molecule has 0 radical (unpaired) electrons. The van der Waals surface area contributed by atoms with Crippen LogP contribution >= 0.6 is 0 Å². The van der Waals surface area contributed by atoms with E-state index in [0.717, 1.165) is 6.20 Å². The van der Waals surface area contributed by atoms with E-state index in [2.05, 4.69) is 5.10 Å². The van der Waals surface area contributed by atoms with E-state index in [4.69, 9.17) is 9.47 Å². The number of hydrogen-bond acceptors (Lipinski definition) is 5. The lowest BCUT2D eigenvalue weighted by Crippen LogP contribution is -2.47. The van der Waals surface area contributed by atoms with Crippen molar-refractivity contribution in [3.05, 3.63) is 18.0 Å². The van der Waals surface area contributed by atoms with Crippen LogP contribution < -0.4 is 0 Å². The van der Waals surface area contributed by atoms with Gasteiger partial charge in [-0.25, -0.2) is 4.68 Å². The van der Waals surface area contributed by atoms with E-state index >= 15 is 0 Å². The molecule has 104 valence electrons. The number of aromatic nitrogens is 2. The predicted molar refractivity (Wildman–Crippen MR) is 56.9 cm³/mol. The standard InChI is InChI=1S/C11H12F2N2O4/c1-11(2)18-8(16)7(9(17)19-11)5-6-3-4-15(14-6)10(12)13/h3-4,7,10H,5H2,1-2H3. The van der Waals surface area contributed by atoms with E-state index in [1.165, 1.54) is 19.9 Å². The van der Waals surface area contributed by atoms with Crippen LogP contribution in [0, 0.1) is 5.92 Å². The third-order valence-corrected chi connectivity index (χ3v) is 2.54. The van der Waals surface area contributed by atoms with Gasteiger partial charge in [-0.2, -0.15) is 13.9 Å². The Kier molecular flexibility index (Phi) is 3.25. The van der Waals surface area contributed by atoms with E-state index in [1.807, 2.05) is 0 Å². The highest BCUT2D eigenvalue weighted by molar-refractivity contribution is 5.96. The fourth-order valence-corrected chi connectivity index (χ4v) is 1.71. The Balaban J connectivity index is 2.10. The summed E-state index contributed by atoms with van der Waals surface area (Å²) in [7, 11) is 0. The minimum absolute atomic E-state index is 0.131. The molecule has 19 heavy (non-hydrogen) atoms. The van der Waals surface area contributed by atoms with Crippen molar-refractivity contribution in [2.75, 3.05) is 0 Å². The molecule has 0 amide bonds. The van der Waals surface area contributed by atoms with Crippen molar-refractivity contribution in [3.63, 3.8) is 0 Å². The van der Waals surface area contributed by atoms with Gasteiger partial charge in [0.15, 0.2) is 5.92 Å². The molecule has 1 aromatic rings. The monoisotopic (exact) mass is 274 g/mol. The minimum Gasteiger partial charge on any atom is -0.422 e. The third kappa shape index (κ3) is 2.88. The van der Waals surface area contributed by atoms with Crippen LogP contribution in [-0.4, -0.2) is 27.5 Å². The molecule has 1 aliphatic rings. The van der Waals surface area contributed by atoms with Gasteiger partial charge in [0.05, 0.1) is 5.69 Å². The summed E-state index contributed by atoms with van der Waals surface area (Å²) in [6, 6.07) is 1.31. The number of ether oxygens (including phenoxy) is 2. The highest BCUT2D eigenvalue weighted by Crippen LogP contribution is 2.25. The lowest BCUT2D eigenvalue weighted by molar-refractivity contribution is -0.239. The van der Waals surface area contributed by atoms with Crippen molar-refractivity contribution in [1.82, 2.24) is 9.78 Å². The Labute approximate surface area is 107 Å². The number of carbonyl (C=O) groups is 2. The molecule has 0 aliphatic carbocycles. The topological polar surface area (TPSA) is 70.4 Å². The van der Waals surface area contributed by atoms with Crippen LogP contribution in [0.5, 0.6) is 0 Å². The van der Waals surface area contributed by atoms with Gasteiger partial charge in [-0.3, -0.25) is 9.59 Å². The second kappa shape index (κ2) is 4.60. The highest BCUT2D eigenvalue weighted by Gasteiger charge is 2.43. The van der Waals surface area contributed by atoms with E-state index < -0.39 is 30.2 Å². The van der Waals surface area contributed by atoms with Gasteiger partial charge in [-0.1, -0.05) is 0 Å². The largest absolute Gasteiger partial charge is 0.422 e. The number of nitrogens with zero attached hydrogens (tertiary/aromatic N) is 2. The molecule has 1 aromatic heterocycles. The first-order valence-electron chi connectivity index (χ1n) is 5.56. The number of hydrogen-bond donors (Lipinski definition) is 0. The smallest absolute Gasteiger partial charge is 0.333 e. The van der Waals surface area contributed by atoms with Crippen molar-refractivity contribution in [3.8, 4) is 0 Å². The fraction of sp³-hybridized carbons (Fsp3) is 0.545. The quantitative estimate of drug-likeness (QED) is 0.613. The van der Waals surface area contributed by atoms with Crippen molar-refractivity contribution < 1.29 is 27.8 Å². The van der Waals surface area contributed by atoms with Gasteiger partial charge < -0.3 is 9.47 Å². The maximum absolute atomic E-state index is 12.3. The highest BCUT2D eigenvalue weighted by atomic mass is 19.3. The Hall–Kier alpha value is -1.99. The number of cyclic esters (lactones) is 2. The lowest BCUT2D eigenvalue weighted by Gasteiger charge is -2.32. The SMILES string of the molecule is CC1(C)OC(=O)C(Cc2ccn(C(F)F)n2)C(=O)O1. The maximum atomic E-state index is 12.3. The number of alkyl halides is 2. The first-order valence-corrected chi connectivity index (χ1v) is 5.56. The van der Waals surface area contributed by atoms with E-state index in [9.17, 15) is 18.4 Å². The summed E-state index contributed by atoms with van der Waals surface area (Å²) in [5.74, 6) is -3.96. The summed E-state index contributed by atoms with van der Waals surface area (Å²) < 4.78 is 34.9. The Morgan fingerprint density at radius 1 is 1.37 bits per heavy atom. The lowest BCUT2D eigenvalue weighted by atomic mass is 10.0. The summed E-state index contributed by atoms with van der Waals surface area (Å²) in [5.41, 5.74) is 0.193. The van der Waals surface area contributed by atoms with Gasteiger partial charge in [0, 0.05) is 26.5 Å². The predicted octanol–water partition coefficient (Wildman–Crippen LogP) is 1.27. The average molecular weight is 274 g/mol. The molecule has 0 bridgehead atoms. The molecule has 8 heteroatoms. The number of esters is 2. The van der Waals surface area contributed by atoms with Gasteiger partial charge in [-0.05, 0) is 6.07 Å². The molecule has 0 saturated carbocycles. The molecule has 0 N–H and O–H groups in total. The zero-order valence-electron chi connectivity index (χ0n) is 10.3. The minimum atomic E-state index is -2.77. The van der Waals surface area contributed by atoms with Gasteiger partial charge in [0.2, 0.25) is 0 Å².